The molecule has 76 valence electrons. The Morgan fingerprint density at radius 1 is 1.38 bits per heavy atom. The number of rotatable bonds is 1. The molecule has 0 spiro atoms. The van der Waals surface area contributed by atoms with Crippen LogP contribution in [0.4, 0.5) is 0 Å². The average Bonchev–Trinajstić information content (AvgIpc) is 1.93. The molecule has 0 radical (unpaired) electrons. The lowest BCUT2D eigenvalue weighted by atomic mass is 9.75. The minimum Gasteiger partial charge on any atom is -0.312 e. The van der Waals surface area contributed by atoms with Crippen LogP contribution in [0.2, 0.25) is 0 Å². The predicted molar refractivity (Wildman–Crippen MR) is 56.4 cm³/mol. The summed E-state index contributed by atoms with van der Waals surface area (Å²) < 4.78 is 0. The molecule has 0 saturated heterocycles. The molecule has 0 unspecified atom stereocenters. The number of nitrogens with one attached hydrogen (secondary N) is 1. The van der Waals surface area contributed by atoms with Crippen molar-refractivity contribution in [2.24, 2.45) is 22.7 Å². The summed E-state index contributed by atoms with van der Waals surface area (Å²) in [6.45, 7) is 8.53. The highest BCUT2D eigenvalue weighted by molar-refractivity contribution is 5.85. The molecule has 1 saturated carbocycles. The highest BCUT2D eigenvalue weighted by Crippen LogP contribution is 2.33. The smallest absolute Gasteiger partial charge is 0.114 e. The fourth-order valence-electron chi connectivity index (χ4n) is 1.73. The lowest BCUT2D eigenvalue weighted by molar-refractivity contribution is 0.274. The Kier molecular flexibility index (Phi) is 2.96. The van der Waals surface area contributed by atoms with Gasteiger partial charge in [0.15, 0.2) is 0 Å². The molecule has 3 nitrogen and oxygen atoms in total. The molecule has 1 aliphatic carbocycles. The lowest BCUT2D eigenvalue weighted by Crippen LogP contribution is -2.43. The summed E-state index contributed by atoms with van der Waals surface area (Å²) in [7, 11) is 0. The van der Waals surface area contributed by atoms with Crippen molar-refractivity contribution in [3.05, 3.63) is 0 Å². The van der Waals surface area contributed by atoms with Gasteiger partial charge < -0.3 is 5.43 Å². The van der Waals surface area contributed by atoms with Crippen molar-refractivity contribution >= 4 is 5.84 Å². The van der Waals surface area contributed by atoms with Crippen molar-refractivity contribution in [3.63, 3.8) is 0 Å². The Morgan fingerprint density at radius 2 is 1.92 bits per heavy atom. The van der Waals surface area contributed by atoms with Crippen molar-refractivity contribution in [2.45, 2.75) is 46.1 Å². The van der Waals surface area contributed by atoms with Crippen LogP contribution in [0.15, 0.2) is 4.99 Å². The van der Waals surface area contributed by atoms with Crippen molar-refractivity contribution in [2.75, 3.05) is 0 Å². The van der Waals surface area contributed by atoms with Crippen molar-refractivity contribution in [3.8, 4) is 0 Å². The molecule has 1 rings (SSSR count). The van der Waals surface area contributed by atoms with Gasteiger partial charge in [0.25, 0.3) is 0 Å². The molecule has 0 heterocycles. The second-order valence-electron chi connectivity index (χ2n) is 5.09. The second kappa shape index (κ2) is 3.66. The van der Waals surface area contributed by atoms with Gasteiger partial charge in [0, 0.05) is 5.92 Å². The normalized spacial score (nSPS) is 29.8. The molecule has 0 aromatic carbocycles. The van der Waals surface area contributed by atoms with Gasteiger partial charge in [0.1, 0.15) is 5.84 Å². The van der Waals surface area contributed by atoms with E-state index >= 15 is 0 Å². The summed E-state index contributed by atoms with van der Waals surface area (Å²) in [6.07, 6.45) is 2.44. The van der Waals surface area contributed by atoms with E-state index in [0.29, 0.717) is 5.92 Å². The van der Waals surface area contributed by atoms with E-state index in [-0.39, 0.29) is 5.54 Å². The molecule has 13 heavy (non-hydrogen) atoms. The fourth-order valence-corrected chi connectivity index (χ4v) is 1.73. The van der Waals surface area contributed by atoms with Crippen LogP contribution in [0.1, 0.15) is 40.5 Å². The first kappa shape index (κ1) is 10.5. The maximum atomic E-state index is 5.45. The molecule has 3 heteroatoms. The number of hydrogen-bond donors (Lipinski definition) is 2. The van der Waals surface area contributed by atoms with Crippen LogP contribution >= 0.6 is 0 Å². The van der Waals surface area contributed by atoms with Gasteiger partial charge in [-0.2, -0.15) is 0 Å². The molecule has 0 aromatic heterocycles. The quantitative estimate of drug-likeness (QED) is 0.281. The maximum absolute atomic E-state index is 5.45. The van der Waals surface area contributed by atoms with E-state index in [4.69, 9.17) is 5.84 Å². The third kappa shape index (κ3) is 2.99. The van der Waals surface area contributed by atoms with Crippen LogP contribution in [0, 0.1) is 11.8 Å². The first-order chi connectivity index (χ1) is 5.92. The topological polar surface area (TPSA) is 50.4 Å². The van der Waals surface area contributed by atoms with Crippen molar-refractivity contribution < 1.29 is 0 Å². The van der Waals surface area contributed by atoms with Gasteiger partial charge in [-0.05, 0) is 39.5 Å². The fraction of sp³-hybridized carbons (Fsp3) is 0.900. The summed E-state index contributed by atoms with van der Waals surface area (Å²) in [4.78, 5) is 4.56. The predicted octanol–water partition coefficient (Wildman–Crippen LogP) is 1.69. The van der Waals surface area contributed by atoms with Gasteiger partial charge in [-0.1, -0.05) is 6.92 Å². The number of amidine groups is 1. The molecule has 0 aromatic rings. The van der Waals surface area contributed by atoms with Crippen LogP contribution in [0.25, 0.3) is 0 Å². The van der Waals surface area contributed by atoms with E-state index < -0.39 is 0 Å². The van der Waals surface area contributed by atoms with Gasteiger partial charge in [-0.15, -0.1) is 0 Å². The SMILES string of the molecule is CC1CC(C(=NC(C)(C)C)NN)C1. The number of hydrogen-bond acceptors (Lipinski definition) is 2. The van der Waals surface area contributed by atoms with Gasteiger partial charge >= 0.3 is 0 Å². The van der Waals surface area contributed by atoms with Gasteiger partial charge in [0.2, 0.25) is 0 Å². The Balaban J connectivity index is 2.58. The van der Waals surface area contributed by atoms with Crippen molar-refractivity contribution in [1.29, 1.82) is 0 Å². The first-order valence-corrected chi connectivity index (χ1v) is 4.98. The summed E-state index contributed by atoms with van der Waals surface area (Å²) in [5, 5.41) is 0. The first-order valence-electron chi connectivity index (χ1n) is 4.98. The largest absolute Gasteiger partial charge is 0.312 e. The van der Waals surface area contributed by atoms with E-state index in [1.54, 1.807) is 0 Å². The van der Waals surface area contributed by atoms with Crippen molar-refractivity contribution in [1.82, 2.24) is 5.43 Å². The molecule has 0 bridgehead atoms. The molecular formula is C10H21N3. The molecule has 0 amide bonds. The third-order valence-corrected chi connectivity index (χ3v) is 2.36. The Bertz CT molecular complexity index is 197. The van der Waals surface area contributed by atoms with Crippen LogP contribution in [0.5, 0.6) is 0 Å². The Labute approximate surface area is 80.8 Å². The van der Waals surface area contributed by atoms with Crippen LogP contribution in [-0.2, 0) is 0 Å². The zero-order valence-electron chi connectivity index (χ0n) is 9.09. The molecule has 0 aliphatic heterocycles. The number of nitrogens with two attached hydrogens (primary N) is 1. The van der Waals surface area contributed by atoms with E-state index in [9.17, 15) is 0 Å². The number of nitrogens with zero attached hydrogens (tertiary/aromatic N) is 1. The Hall–Kier alpha value is -0.570. The summed E-state index contributed by atoms with van der Waals surface area (Å²) >= 11 is 0. The highest BCUT2D eigenvalue weighted by atomic mass is 15.3. The molecule has 1 fully saturated rings. The average molecular weight is 183 g/mol. The number of hydrazine groups is 1. The molecular weight excluding hydrogens is 162 g/mol. The standard InChI is InChI=1S/C10H21N3/c1-7-5-8(6-7)9(13-11)12-10(2,3)4/h7-8H,5-6,11H2,1-4H3,(H,12,13). The summed E-state index contributed by atoms with van der Waals surface area (Å²) in [5.41, 5.74) is 2.70. The molecule has 3 N–H and O–H groups in total. The van der Waals surface area contributed by atoms with Crippen LogP contribution in [-0.4, -0.2) is 11.4 Å². The lowest BCUT2D eigenvalue weighted by Gasteiger charge is -2.34. The number of aliphatic imine (C=N–C) groups is 1. The monoisotopic (exact) mass is 183 g/mol. The highest BCUT2D eigenvalue weighted by Gasteiger charge is 2.30. The Morgan fingerprint density at radius 3 is 2.23 bits per heavy atom. The minimum atomic E-state index is -0.0273. The van der Waals surface area contributed by atoms with E-state index in [1.165, 1.54) is 12.8 Å². The summed E-state index contributed by atoms with van der Waals surface area (Å²) in [5.74, 6) is 7.84. The molecule has 0 atom stereocenters. The summed E-state index contributed by atoms with van der Waals surface area (Å²) in [6, 6.07) is 0. The zero-order chi connectivity index (χ0) is 10.1. The zero-order valence-corrected chi connectivity index (χ0v) is 9.09. The molecule has 1 aliphatic rings. The van der Waals surface area contributed by atoms with Gasteiger partial charge in [-0.25, -0.2) is 5.84 Å². The minimum absolute atomic E-state index is 0.0273. The van der Waals surface area contributed by atoms with Crippen LogP contribution in [0.3, 0.4) is 0 Å². The van der Waals surface area contributed by atoms with E-state index in [0.717, 1.165) is 11.8 Å². The van der Waals surface area contributed by atoms with Gasteiger partial charge in [0.05, 0.1) is 5.54 Å². The maximum Gasteiger partial charge on any atom is 0.114 e. The van der Waals surface area contributed by atoms with E-state index in [1.807, 2.05) is 0 Å². The van der Waals surface area contributed by atoms with Crippen LogP contribution < -0.4 is 11.3 Å². The van der Waals surface area contributed by atoms with Gasteiger partial charge in [-0.3, -0.25) is 4.99 Å². The third-order valence-electron chi connectivity index (χ3n) is 2.36. The van der Waals surface area contributed by atoms with E-state index in [2.05, 4.69) is 38.1 Å². The second-order valence-corrected chi connectivity index (χ2v) is 5.09.